The van der Waals surface area contributed by atoms with E-state index in [1.54, 1.807) is 6.07 Å². The summed E-state index contributed by atoms with van der Waals surface area (Å²) in [7, 11) is -3.43. The van der Waals surface area contributed by atoms with Gasteiger partial charge >= 0.3 is 0 Å². The van der Waals surface area contributed by atoms with E-state index in [4.69, 9.17) is 5.73 Å². The Morgan fingerprint density at radius 3 is 3.00 bits per heavy atom. The van der Waals surface area contributed by atoms with E-state index >= 15 is 0 Å². The third kappa shape index (κ3) is 2.76. The lowest BCUT2D eigenvalue weighted by Crippen LogP contribution is -2.47. The molecule has 112 valence electrons. The number of hydrogen-bond donors (Lipinski definition) is 3. The highest BCUT2D eigenvalue weighted by Crippen LogP contribution is 2.27. The van der Waals surface area contributed by atoms with E-state index in [0.717, 1.165) is 25.1 Å². The molecule has 2 unspecified atom stereocenters. The first-order valence-electron chi connectivity index (χ1n) is 7.22. The van der Waals surface area contributed by atoms with Crippen molar-refractivity contribution in [3.05, 3.63) is 18.0 Å². The molecule has 0 radical (unpaired) electrons. The minimum atomic E-state index is -3.43. The predicted molar refractivity (Wildman–Crippen MR) is 76.6 cm³/mol. The van der Waals surface area contributed by atoms with Crippen molar-refractivity contribution in [2.45, 2.75) is 49.2 Å². The van der Waals surface area contributed by atoms with Gasteiger partial charge in [0.25, 0.3) is 0 Å². The minimum absolute atomic E-state index is 0.0515. The molecule has 20 heavy (non-hydrogen) atoms. The monoisotopic (exact) mass is 298 g/mol. The molecule has 0 saturated carbocycles. The quantitative estimate of drug-likeness (QED) is 0.749. The SMILES string of the molecule is NCc1cc(S(=O)(=O)NC2CCN3CCCC3C2)c[nH]1. The smallest absolute Gasteiger partial charge is 0.242 e. The number of nitrogens with two attached hydrogens (primary N) is 1. The highest BCUT2D eigenvalue weighted by Gasteiger charge is 2.33. The van der Waals surface area contributed by atoms with Crippen LogP contribution >= 0.6 is 0 Å². The van der Waals surface area contributed by atoms with Crippen molar-refractivity contribution < 1.29 is 8.42 Å². The van der Waals surface area contributed by atoms with Gasteiger partial charge in [-0.25, -0.2) is 13.1 Å². The lowest BCUT2D eigenvalue weighted by molar-refractivity contribution is 0.176. The number of fused-ring (bicyclic) bond motifs is 1. The molecule has 0 amide bonds. The summed E-state index contributed by atoms with van der Waals surface area (Å²) in [5, 5.41) is 0. The number of aromatic amines is 1. The lowest BCUT2D eigenvalue weighted by Gasteiger charge is -2.34. The molecular formula is C13H22N4O2S. The summed E-state index contributed by atoms with van der Waals surface area (Å²) in [5.74, 6) is 0. The van der Waals surface area contributed by atoms with E-state index in [1.807, 2.05) is 0 Å². The Labute approximate surface area is 119 Å². The van der Waals surface area contributed by atoms with Crippen molar-refractivity contribution in [1.82, 2.24) is 14.6 Å². The van der Waals surface area contributed by atoms with Gasteiger partial charge in [0.05, 0.1) is 4.90 Å². The molecule has 2 aliphatic heterocycles. The molecule has 6 nitrogen and oxygen atoms in total. The van der Waals surface area contributed by atoms with E-state index in [-0.39, 0.29) is 10.9 Å². The van der Waals surface area contributed by atoms with Gasteiger partial charge in [-0.1, -0.05) is 0 Å². The molecule has 0 aliphatic carbocycles. The summed E-state index contributed by atoms with van der Waals surface area (Å²) in [4.78, 5) is 5.65. The van der Waals surface area contributed by atoms with Crippen LogP contribution in [0.15, 0.2) is 17.2 Å². The van der Waals surface area contributed by atoms with Gasteiger partial charge in [-0.3, -0.25) is 0 Å². The Morgan fingerprint density at radius 2 is 2.25 bits per heavy atom. The topological polar surface area (TPSA) is 91.2 Å². The normalized spacial score (nSPS) is 27.6. The number of aromatic nitrogens is 1. The molecule has 2 fully saturated rings. The molecule has 0 spiro atoms. The maximum Gasteiger partial charge on any atom is 0.242 e. The summed E-state index contributed by atoms with van der Waals surface area (Å²) in [6.45, 7) is 2.48. The first kappa shape index (κ1) is 14.1. The molecule has 2 atom stereocenters. The van der Waals surface area contributed by atoms with E-state index in [0.29, 0.717) is 12.6 Å². The number of nitrogens with zero attached hydrogens (tertiary/aromatic N) is 1. The number of hydrogen-bond acceptors (Lipinski definition) is 4. The van der Waals surface area contributed by atoms with Crippen LogP contribution in [0.5, 0.6) is 0 Å². The first-order chi connectivity index (χ1) is 9.58. The summed E-state index contributed by atoms with van der Waals surface area (Å²) in [6, 6.07) is 2.21. The second kappa shape index (κ2) is 5.48. The second-order valence-corrected chi connectivity index (χ2v) is 7.45. The molecule has 1 aromatic rings. The summed E-state index contributed by atoms with van der Waals surface area (Å²) in [5.41, 5.74) is 6.23. The first-order valence-corrected chi connectivity index (χ1v) is 8.70. The Kier molecular flexibility index (Phi) is 3.85. The highest BCUT2D eigenvalue weighted by atomic mass is 32.2. The molecular weight excluding hydrogens is 276 g/mol. The van der Waals surface area contributed by atoms with Crippen LogP contribution < -0.4 is 10.5 Å². The molecule has 3 heterocycles. The van der Waals surface area contributed by atoms with Crippen molar-refractivity contribution in [3.8, 4) is 0 Å². The summed E-state index contributed by atoms with van der Waals surface area (Å²) in [6.07, 6.45) is 5.76. The maximum atomic E-state index is 12.3. The zero-order valence-corrected chi connectivity index (χ0v) is 12.3. The van der Waals surface area contributed by atoms with E-state index in [9.17, 15) is 8.42 Å². The third-order valence-corrected chi connectivity index (χ3v) is 5.89. The lowest BCUT2D eigenvalue weighted by atomic mass is 9.99. The van der Waals surface area contributed by atoms with Gasteiger partial charge in [-0.15, -0.1) is 0 Å². The minimum Gasteiger partial charge on any atom is -0.363 e. The maximum absolute atomic E-state index is 12.3. The highest BCUT2D eigenvalue weighted by molar-refractivity contribution is 7.89. The van der Waals surface area contributed by atoms with Gasteiger partial charge in [0, 0.05) is 30.5 Å². The van der Waals surface area contributed by atoms with E-state index in [2.05, 4.69) is 14.6 Å². The number of piperidine rings is 1. The van der Waals surface area contributed by atoms with Gasteiger partial charge in [-0.2, -0.15) is 0 Å². The molecule has 4 N–H and O–H groups in total. The zero-order valence-electron chi connectivity index (χ0n) is 11.5. The van der Waals surface area contributed by atoms with E-state index in [1.165, 1.54) is 25.6 Å². The Morgan fingerprint density at radius 1 is 1.40 bits per heavy atom. The summed E-state index contributed by atoms with van der Waals surface area (Å²) >= 11 is 0. The number of H-pyrrole nitrogens is 1. The molecule has 0 bridgehead atoms. The van der Waals surface area contributed by atoms with Crippen molar-refractivity contribution in [2.24, 2.45) is 5.73 Å². The molecule has 7 heteroatoms. The fourth-order valence-corrected chi connectivity index (χ4v) is 4.61. The van der Waals surface area contributed by atoms with Crippen LogP contribution in [0.25, 0.3) is 0 Å². The van der Waals surface area contributed by atoms with Crippen molar-refractivity contribution in [1.29, 1.82) is 0 Å². The van der Waals surface area contributed by atoms with Crippen LogP contribution in [-0.4, -0.2) is 43.5 Å². The Bertz CT molecular complexity index is 569. The number of sulfonamides is 1. The zero-order chi connectivity index (χ0) is 14.2. The van der Waals surface area contributed by atoms with Crippen molar-refractivity contribution in [3.63, 3.8) is 0 Å². The van der Waals surface area contributed by atoms with Crippen molar-refractivity contribution in [2.75, 3.05) is 13.1 Å². The standard InChI is InChI=1S/C13H22N4O2S/c14-8-11-7-13(9-15-11)20(18,19)16-10-3-5-17-4-1-2-12(17)6-10/h7,9-10,12,15-16H,1-6,8,14H2. The van der Waals surface area contributed by atoms with Crippen LogP contribution in [0.2, 0.25) is 0 Å². The van der Waals surface area contributed by atoms with Crippen LogP contribution in [0.1, 0.15) is 31.4 Å². The number of nitrogens with one attached hydrogen (secondary N) is 2. The largest absolute Gasteiger partial charge is 0.363 e. The van der Waals surface area contributed by atoms with Gasteiger partial charge in [0.15, 0.2) is 0 Å². The second-order valence-electron chi connectivity index (χ2n) is 5.74. The average Bonchev–Trinajstić information content (AvgIpc) is 3.06. The predicted octanol–water partition coefficient (Wildman–Crippen LogP) is 0.378. The van der Waals surface area contributed by atoms with Gasteiger partial charge in [0.1, 0.15) is 0 Å². The van der Waals surface area contributed by atoms with Crippen molar-refractivity contribution >= 4 is 10.0 Å². The Balaban J connectivity index is 1.67. The third-order valence-electron chi connectivity index (χ3n) is 4.39. The fourth-order valence-electron chi connectivity index (χ4n) is 3.31. The van der Waals surface area contributed by atoms with Crippen LogP contribution in [0.4, 0.5) is 0 Å². The summed E-state index contributed by atoms with van der Waals surface area (Å²) < 4.78 is 27.5. The fraction of sp³-hybridized carbons (Fsp3) is 0.692. The van der Waals surface area contributed by atoms with Crippen LogP contribution in [-0.2, 0) is 16.6 Å². The molecule has 0 aromatic carbocycles. The number of rotatable bonds is 4. The Hall–Kier alpha value is -0.890. The molecule has 1 aromatic heterocycles. The van der Waals surface area contributed by atoms with Crippen LogP contribution in [0.3, 0.4) is 0 Å². The molecule has 2 saturated heterocycles. The van der Waals surface area contributed by atoms with Gasteiger partial charge in [0.2, 0.25) is 10.0 Å². The molecule has 3 rings (SSSR count). The van der Waals surface area contributed by atoms with Gasteiger partial charge in [-0.05, 0) is 44.8 Å². The van der Waals surface area contributed by atoms with Crippen LogP contribution in [0, 0.1) is 0 Å². The van der Waals surface area contributed by atoms with E-state index < -0.39 is 10.0 Å². The molecule has 2 aliphatic rings. The average molecular weight is 298 g/mol. The van der Waals surface area contributed by atoms with Gasteiger partial charge < -0.3 is 15.6 Å².